The minimum atomic E-state index is -0.952. The highest BCUT2D eigenvalue weighted by Crippen LogP contribution is 2.44. The Morgan fingerprint density at radius 3 is 2.41 bits per heavy atom. The number of anilines is 1. The zero-order valence-corrected chi connectivity index (χ0v) is 19.6. The Morgan fingerprint density at radius 1 is 1.12 bits per heavy atom. The number of esters is 1. The van der Waals surface area contributed by atoms with Crippen LogP contribution in [0, 0.1) is 6.92 Å². The molecule has 1 aliphatic rings. The highest BCUT2D eigenvalue weighted by Gasteiger charge is 2.48. The van der Waals surface area contributed by atoms with Gasteiger partial charge in [-0.05, 0) is 31.5 Å². The van der Waals surface area contributed by atoms with Gasteiger partial charge in [0.2, 0.25) is 0 Å². The van der Waals surface area contributed by atoms with Crippen molar-refractivity contribution in [1.29, 1.82) is 0 Å². The van der Waals surface area contributed by atoms with E-state index in [-0.39, 0.29) is 27.9 Å². The second-order valence-electron chi connectivity index (χ2n) is 7.44. The molecule has 9 heteroatoms. The molecule has 1 amide bonds. The first-order valence-electron chi connectivity index (χ1n) is 10.5. The molecule has 0 bridgehead atoms. The van der Waals surface area contributed by atoms with Crippen LogP contribution in [-0.2, 0) is 14.3 Å². The minimum absolute atomic E-state index is 0.0631. The van der Waals surface area contributed by atoms with Gasteiger partial charge in [0.1, 0.15) is 16.4 Å². The fraction of sp³-hybridized carbons (Fsp3) is 0.200. The average molecular weight is 479 g/mol. The van der Waals surface area contributed by atoms with Crippen molar-refractivity contribution in [3.8, 4) is 5.75 Å². The third-order valence-corrected chi connectivity index (χ3v) is 6.51. The van der Waals surface area contributed by atoms with Gasteiger partial charge in [-0.25, -0.2) is 9.78 Å². The third-order valence-electron chi connectivity index (χ3n) is 5.38. The fourth-order valence-electron chi connectivity index (χ4n) is 3.75. The van der Waals surface area contributed by atoms with Crippen molar-refractivity contribution in [1.82, 2.24) is 4.98 Å². The molecular formula is C25H22N2O6S. The minimum Gasteiger partial charge on any atom is -0.507 e. The van der Waals surface area contributed by atoms with Crippen LogP contribution in [0.15, 0.2) is 60.2 Å². The van der Waals surface area contributed by atoms with Gasteiger partial charge < -0.3 is 14.6 Å². The lowest BCUT2D eigenvalue weighted by atomic mass is 9.95. The summed E-state index contributed by atoms with van der Waals surface area (Å²) in [5.74, 6) is -1.93. The van der Waals surface area contributed by atoms with E-state index in [1.54, 1.807) is 68.4 Å². The van der Waals surface area contributed by atoms with Crippen LogP contribution in [0.5, 0.6) is 5.75 Å². The van der Waals surface area contributed by atoms with Crippen molar-refractivity contribution < 1.29 is 29.0 Å². The van der Waals surface area contributed by atoms with E-state index in [4.69, 9.17) is 9.47 Å². The summed E-state index contributed by atoms with van der Waals surface area (Å²) in [6, 6.07) is 14.4. The number of hydrogen-bond acceptors (Lipinski definition) is 8. The number of amides is 1. The van der Waals surface area contributed by atoms with Gasteiger partial charge in [-0.3, -0.25) is 14.5 Å². The smallest absolute Gasteiger partial charge is 0.350 e. The SMILES string of the molecule is CCOC(=O)c1sc(N2C(=O)C(=O)C(=C(O)c3ccccc3)C2c2ccc(OC)cc2)nc1C. The molecule has 8 nitrogen and oxygen atoms in total. The quantitative estimate of drug-likeness (QED) is 0.244. The average Bonchev–Trinajstić information content (AvgIpc) is 3.36. The number of carbonyl (C=O) groups excluding carboxylic acids is 3. The normalized spacial score (nSPS) is 17.1. The summed E-state index contributed by atoms with van der Waals surface area (Å²) in [5, 5.41) is 11.3. The maximum absolute atomic E-state index is 13.2. The number of ether oxygens (including phenoxy) is 2. The van der Waals surface area contributed by atoms with Gasteiger partial charge in [0.25, 0.3) is 5.78 Å². The number of methoxy groups -OCH3 is 1. The zero-order chi connectivity index (χ0) is 24.4. The first-order valence-corrected chi connectivity index (χ1v) is 11.3. The second kappa shape index (κ2) is 9.48. The predicted octanol–water partition coefficient (Wildman–Crippen LogP) is 4.26. The molecule has 174 valence electrons. The number of aromatic nitrogens is 1. The topological polar surface area (TPSA) is 106 Å². The van der Waals surface area contributed by atoms with Crippen molar-refractivity contribution in [2.75, 3.05) is 18.6 Å². The Labute approximate surface area is 200 Å². The summed E-state index contributed by atoms with van der Waals surface area (Å²) < 4.78 is 10.3. The number of aliphatic hydroxyl groups is 1. The van der Waals surface area contributed by atoms with Crippen LogP contribution >= 0.6 is 11.3 Å². The van der Waals surface area contributed by atoms with Gasteiger partial charge in [-0.2, -0.15) is 0 Å². The Morgan fingerprint density at radius 2 is 1.79 bits per heavy atom. The lowest BCUT2D eigenvalue weighted by molar-refractivity contribution is -0.132. The summed E-state index contributed by atoms with van der Waals surface area (Å²) in [4.78, 5) is 44.6. The number of ketones is 1. The lowest BCUT2D eigenvalue weighted by Gasteiger charge is -2.23. The number of rotatable bonds is 6. The number of aliphatic hydroxyl groups excluding tert-OH is 1. The first-order chi connectivity index (χ1) is 16.4. The number of hydrogen-bond donors (Lipinski definition) is 1. The van der Waals surface area contributed by atoms with Crippen molar-refractivity contribution in [2.24, 2.45) is 0 Å². The summed E-state index contributed by atoms with van der Waals surface area (Å²) in [6.45, 7) is 3.52. The number of aryl methyl sites for hydroxylation is 1. The molecule has 0 spiro atoms. The molecule has 0 radical (unpaired) electrons. The number of carbonyl (C=O) groups is 3. The van der Waals surface area contributed by atoms with Crippen LogP contribution in [0.1, 0.15) is 39.5 Å². The van der Waals surface area contributed by atoms with Crippen molar-refractivity contribution >= 4 is 39.9 Å². The molecule has 1 aliphatic heterocycles. The van der Waals surface area contributed by atoms with Crippen LogP contribution in [0.4, 0.5) is 5.13 Å². The molecule has 2 aromatic carbocycles. The van der Waals surface area contributed by atoms with E-state index in [9.17, 15) is 19.5 Å². The predicted molar refractivity (Wildman–Crippen MR) is 127 cm³/mol. The van der Waals surface area contributed by atoms with E-state index in [2.05, 4.69) is 4.98 Å². The van der Waals surface area contributed by atoms with Crippen LogP contribution < -0.4 is 9.64 Å². The summed E-state index contributed by atoms with van der Waals surface area (Å²) in [7, 11) is 1.53. The molecule has 4 rings (SSSR count). The van der Waals surface area contributed by atoms with Crippen molar-refractivity contribution in [2.45, 2.75) is 19.9 Å². The Hall–Kier alpha value is -3.98. The maximum atomic E-state index is 13.2. The standard InChI is InChI=1S/C25H22N2O6S/c1-4-33-24(31)22-14(2)26-25(34-22)27-19(15-10-12-17(32-3)13-11-15)18(21(29)23(27)30)20(28)16-8-6-5-7-9-16/h5-13,19,28H,4H2,1-3H3. The van der Waals surface area contributed by atoms with Gasteiger partial charge in [0.05, 0.1) is 31.0 Å². The molecule has 2 heterocycles. The molecule has 1 N–H and O–H groups in total. The van der Waals surface area contributed by atoms with E-state index < -0.39 is 23.7 Å². The van der Waals surface area contributed by atoms with Crippen molar-refractivity contribution in [3.05, 3.63) is 81.9 Å². The largest absolute Gasteiger partial charge is 0.507 e. The number of Topliss-reactive ketones (excluding diaryl/α,β-unsaturated/α-hetero) is 1. The number of thiazole rings is 1. The number of nitrogens with zero attached hydrogens (tertiary/aromatic N) is 2. The van der Waals surface area contributed by atoms with Crippen LogP contribution in [-0.4, -0.2) is 41.5 Å². The fourth-order valence-corrected chi connectivity index (χ4v) is 4.74. The van der Waals surface area contributed by atoms with Gasteiger partial charge in [0, 0.05) is 5.56 Å². The molecule has 1 fully saturated rings. The Kier molecular flexibility index (Phi) is 6.47. The van der Waals surface area contributed by atoms with E-state index >= 15 is 0 Å². The van der Waals surface area contributed by atoms with Crippen LogP contribution in [0.3, 0.4) is 0 Å². The third kappa shape index (κ3) is 4.06. The van der Waals surface area contributed by atoms with Gasteiger partial charge in [-0.1, -0.05) is 53.8 Å². The monoisotopic (exact) mass is 478 g/mol. The van der Waals surface area contributed by atoms with E-state index in [1.165, 1.54) is 12.0 Å². The Balaban J connectivity index is 1.90. The summed E-state index contributed by atoms with van der Waals surface area (Å²) >= 11 is 0.965. The van der Waals surface area contributed by atoms with E-state index in [1.807, 2.05) is 0 Å². The van der Waals surface area contributed by atoms with Gasteiger partial charge >= 0.3 is 11.9 Å². The van der Waals surface area contributed by atoms with E-state index in [0.29, 0.717) is 22.6 Å². The van der Waals surface area contributed by atoms with Gasteiger partial charge in [-0.15, -0.1) is 0 Å². The van der Waals surface area contributed by atoms with Crippen molar-refractivity contribution in [3.63, 3.8) is 0 Å². The second-order valence-corrected chi connectivity index (χ2v) is 8.42. The van der Waals surface area contributed by atoms with E-state index in [0.717, 1.165) is 11.3 Å². The molecule has 3 aromatic rings. The Bertz CT molecular complexity index is 1280. The van der Waals surface area contributed by atoms with Crippen LogP contribution in [0.2, 0.25) is 0 Å². The number of benzene rings is 2. The highest BCUT2D eigenvalue weighted by molar-refractivity contribution is 7.17. The highest BCUT2D eigenvalue weighted by atomic mass is 32.1. The summed E-state index contributed by atoms with van der Waals surface area (Å²) in [5.41, 5.74) is 1.30. The molecule has 34 heavy (non-hydrogen) atoms. The molecule has 1 atom stereocenters. The molecule has 0 saturated carbocycles. The zero-order valence-electron chi connectivity index (χ0n) is 18.8. The summed E-state index contributed by atoms with van der Waals surface area (Å²) in [6.07, 6.45) is 0. The van der Waals surface area contributed by atoms with Gasteiger partial charge in [0.15, 0.2) is 5.13 Å². The maximum Gasteiger partial charge on any atom is 0.350 e. The molecule has 1 unspecified atom stereocenters. The van der Waals surface area contributed by atoms with Crippen LogP contribution in [0.25, 0.3) is 5.76 Å². The molecule has 1 aromatic heterocycles. The lowest BCUT2D eigenvalue weighted by Crippen LogP contribution is -2.29. The molecule has 1 saturated heterocycles. The molecular weight excluding hydrogens is 456 g/mol. The molecule has 0 aliphatic carbocycles. The first kappa shape index (κ1) is 23.2.